The van der Waals surface area contributed by atoms with Crippen molar-refractivity contribution < 1.29 is 4.79 Å². The average Bonchev–Trinajstić information content (AvgIpc) is 2.93. The van der Waals surface area contributed by atoms with Crippen LogP contribution in [-0.4, -0.2) is 51.7 Å². The number of aromatic nitrogens is 2. The summed E-state index contributed by atoms with van der Waals surface area (Å²) in [5.74, 6) is 0.0804. The van der Waals surface area contributed by atoms with Gasteiger partial charge in [-0.2, -0.15) is 5.10 Å². The Kier molecular flexibility index (Phi) is 4.45. The molecule has 5 nitrogen and oxygen atoms in total. The maximum absolute atomic E-state index is 12.4. The van der Waals surface area contributed by atoms with E-state index in [4.69, 9.17) is 11.6 Å². The first-order valence-corrected chi connectivity index (χ1v) is 7.75. The topological polar surface area (TPSA) is 41.4 Å². The highest BCUT2D eigenvalue weighted by atomic mass is 35.5. The van der Waals surface area contributed by atoms with Gasteiger partial charge >= 0.3 is 0 Å². The fourth-order valence-corrected chi connectivity index (χ4v) is 2.80. The molecule has 2 heterocycles. The van der Waals surface area contributed by atoms with Crippen LogP contribution in [0.15, 0.2) is 36.5 Å². The second-order valence-electron chi connectivity index (χ2n) is 5.52. The highest BCUT2D eigenvalue weighted by Gasteiger charge is 2.22. The van der Waals surface area contributed by atoms with Crippen LogP contribution in [0.3, 0.4) is 0 Å². The quantitative estimate of drug-likeness (QED) is 0.869. The van der Waals surface area contributed by atoms with Crippen LogP contribution < -0.4 is 0 Å². The number of hydrogen-bond acceptors (Lipinski definition) is 3. The molecule has 1 aromatic carbocycles. The van der Waals surface area contributed by atoms with E-state index in [1.54, 1.807) is 24.3 Å². The Balaban J connectivity index is 1.56. The average molecular weight is 319 g/mol. The van der Waals surface area contributed by atoms with Crippen molar-refractivity contribution in [3.05, 3.63) is 52.8 Å². The predicted octanol–water partition coefficient (Wildman–Crippen LogP) is 2.03. The fraction of sp³-hybridized carbons (Fsp3) is 0.375. The standard InChI is InChI=1S/C16H19ClN4O/c1-19-15(6-7-18-19)12-20-8-10-21(11-9-20)16(22)13-2-4-14(17)5-3-13/h2-7H,8-12H2,1H3. The molecule has 0 unspecified atom stereocenters. The van der Waals surface area contributed by atoms with E-state index in [1.807, 2.05) is 28.9 Å². The third-order valence-corrected chi connectivity index (χ3v) is 4.31. The van der Waals surface area contributed by atoms with Crippen LogP contribution in [0.1, 0.15) is 16.1 Å². The molecule has 116 valence electrons. The van der Waals surface area contributed by atoms with Gasteiger partial charge in [0.1, 0.15) is 0 Å². The van der Waals surface area contributed by atoms with Crippen molar-refractivity contribution in [3.63, 3.8) is 0 Å². The second kappa shape index (κ2) is 6.50. The van der Waals surface area contributed by atoms with Crippen LogP contribution in [0, 0.1) is 0 Å². The molecule has 0 atom stereocenters. The molecule has 0 radical (unpaired) electrons. The summed E-state index contributed by atoms with van der Waals surface area (Å²) in [7, 11) is 1.95. The van der Waals surface area contributed by atoms with Gasteiger partial charge in [0.2, 0.25) is 0 Å². The van der Waals surface area contributed by atoms with E-state index in [9.17, 15) is 4.79 Å². The summed E-state index contributed by atoms with van der Waals surface area (Å²) >= 11 is 5.86. The molecule has 2 aromatic rings. The molecule has 0 aliphatic carbocycles. The van der Waals surface area contributed by atoms with Crippen molar-refractivity contribution in [2.24, 2.45) is 7.05 Å². The Morgan fingerprint density at radius 3 is 2.41 bits per heavy atom. The normalized spacial score (nSPS) is 16.0. The first-order valence-electron chi connectivity index (χ1n) is 7.37. The summed E-state index contributed by atoms with van der Waals surface area (Å²) in [6.07, 6.45) is 1.82. The van der Waals surface area contributed by atoms with E-state index in [2.05, 4.69) is 10.00 Å². The minimum atomic E-state index is 0.0804. The lowest BCUT2D eigenvalue weighted by Gasteiger charge is -2.34. The SMILES string of the molecule is Cn1nccc1CN1CCN(C(=O)c2ccc(Cl)cc2)CC1. The Hall–Kier alpha value is -1.85. The van der Waals surface area contributed by atoms with Crippen molar-refractivity contribution >= 4 is 17.5 Å². The minimum Gasteiger partial charge on any atom is -0.336 e. The molecule has 0 bridgehead atoms. The number of rotatable bonds is 3. The lowest BCUT2D eigenvalue weighted by Crippen LogP contribution is -2.48. The predicted molar refractivity (Wildman–Crippen MR) is 85.8 cm³/mol. The maximum Gasteiger partial charge on any atom is 0.253 e. The summed E-state index contributed by atoms with van der Waals surface area (Å²) in [4.78, 5) is 16.7. The number of hydrogen-bond donors (Lipinski definition) is 0. The number of piperazine rings is 1. The lowest BCUT2D eigenvalue weighted by molar-refractivity contribution is 0.0625. The molecule has 0 saturated carbocycles. The molecule has 1 aliphatic heterocycles. The number of aryl methyl sites for hydroxylation is 1. The first-order chi connectivity index (χ1) is 10.6. The van der Waals surface area contributed by atoms with Crippen LogP contribution >= 0.6 is 11.6 Å². The fourth-order valence-electron chi connectivity index (χ4n) is 2.67. The number of nitrogens with zero attached hydrogens (tertiary/aromatic N) is 4. The van der Waals surface area contributed by atoms with Gasteiger partial charge in [0, 0.05) is 56.6 Å². The van der Waals surface area contributed by atoms with E-state index in [1.165, 1.54) is 5.69 Å². The zero-order chi connectivity index (χ0) is 15.5. The molecule has 1 amide bonds. The highest BCUT2D eigenvalue weighted by Crippen LogP contribution is 2.14. The molecule has 1 aliphatic rings. The van der Waals surface area contributed by atoms with Crippen LogP contribution in [-0.2, 0) is 13.6 Å². The van der Waals surface area contributed by atoms with Gasteiger partial charge in [0.25, 0.3) is 5.91 Å². The Morgan fingerprint density at radius 1 is 1.14 bits per heavy atom. The van der Waals surface area contributed by atoms with E-state index in [-0.39, 0.29) is 5.91 Å². The lowest BCUT2D eigenvalue weighted by atomic mass is 10.2. The summed E-state index contributed by atoms with van der Waals surface area (Å²) in [6.45, 7) is 4.13. The highest BCUT2D eigenvalue weighted by molar-refractivity contribution is 6.30. The van der Waals surface area contributed by atoms with Gasteiger partial charge in [-0.3, -0.25) is 14.4 Å². The van der Waals surface area contributed by atoms with E-state index < -0.39 is 0 Å². The Bertz CT molecular complexity index is 644. The number of amides is 1. The molecular formula is C16H19ClN4O. The van der Waals surface area contributed by atoms with Crippen LogP contribution in [0.5, 0.6) is 0 Å². The third-order valence-electron chi connectivity index (χ3n) is 4.06. The van der Waals surface area contributed by atoms with Crippen molar-refractivity contribution in [3.8, 4) is 0 Å². The van der Waals surface area contributed by atoms with Crippen LogP contribution in [0.4, 0.5) is 0 Å². The smallest absolute Gasteiger partial charge is 0.253 e. The maximum atomic E-state index is 12.4. The minimum absolute atomic E-state index is 0.0804. The Labute approximate surface area is 135 Å². The van der Waals surface area contributed by atoms with E-state index in [0.717, 1.165) is 32.7 Å². The summed E-state index contributed by atoms with van der Waals surface area (Å²) in [5.41, 5.74) is 1.89. The molecule has 3 rings (SSSR count). The summed E-state index contributed by atoms with van der Waals surface area (Å²) in [5, 5.41) is 4.84. The molecule has 22 heavy (non-hydrogen) atoms. The van der Waals surface area contributed by atoms with E-state index in [0.29, 0.717) is 10.6 Å². The largest absolute Gasteiger partial charge is 0.336 e. The number of benzene rings is 1. The zero-order valence-electron chi connectivity index (χ0n) is 12.6. The summed E-state index contributed by atoms with van der Waals surface area (Å²) in [6, 6.07) is 9.12. The molecule has 1 aromatic heterocycles. The van der Waals surface area contributed by atoms with Crippen molar-refractivity contribution in [2.45, 2.75) is 6.54 Å². The Morgan fingerprint density at radius 2 is 1.82 bits per heavy atom. The third kappa shape index (κ3) is 3.31. The van der Waals surface area contributed by atoms with E-state index >= 15 is 0 Å². The van der Waals surface area contributed by atoms with Gasteiger partial charge in [-0.25, -0.2) is 0 Å². The number of carbonyl (C=O) groups is 1. The van der Waals surface area contributed by atoms with Crippen LogP contribution in [0.2, 0.25) is 5.02 Å². The van der Waals surface area contributed by atoms with Gasteiger partial charge in [0.05, 0.1) is 5.69 Å². The molecule has 0 N–H and O–H groups in total. The van der Waals surface area contributed by atoms with Gasteiger partial charge in [-0.1, -0.05) is 11.6 Å². The van der Waals surface area contributed by atoms with Crippen molar-refractivity contribution in [1.82, 2.24) is 19.6 Å². The van der Waals surface area contributed by atoms with Gasteiger partial charge < -0.3 is 4.90 Å². The van der Waals surface area contributed by atoms with Gasteiger partial charge in [-0.15, -0.1) is 0 Å². The zero-order valence-corrected chi connectivity index (χ0v) is 13.3. The first kappa shape index (κ1) is 15.1. The second-order valence-corrected chi connectivity index (χ2v) is 5.96. The summed E-state index contributed by atoms with van der Waals surface area (Å²) < 4.78 is 1.89. The van der Waals surface area contributed by atoms with Gasteiger partial charge in [-0.05, 0) is 30.3 Å². The molecule has 1 fully saturated rings. The molecular weight excluding hydrogens is 300 g/mol. The van der Waals surface area contributed by atoms with Crippen molar-refractivity contribution in [1.29, 1.82) is 0 Å². The monoisotopic (exact) mass is 318 g/mol. The number of halogens is 1. The van der Waals surface area contributed by atoms with Gasteiger partial charge in [0.15, 0.2) is 0 Å². The molecule has 1 saturated heterocycles. The number of carbonyl (C=O) groups excluding carboxylic acids is 1. The van der Waals surface area contributed by atoms with Crippen LogP contribution in [0.25, 0.3) is 0 Å². The molecule has 6 heteroatoms. The van der Waals surface area contributed by atoms with Crippen molar-refractivity contribution in [2.75, 3.05) is 26.2 Å². The molecule has 0 spiro atoms.